The van der Waals surface area contributed by atoms with E-state index in [1.165, 1.54) is 6.07 Å². The van der Waals surface area contributed by atoms with Gasteiger partial charge in [-0.25, -0.2) is 14.2 Å². The van der Waals surface area contributed by atoms with E-state index in [0.29, 0.717) is 34.2 Å². The molecule has 0 aliphatic carbocycles. The normalized spacial score (nSPS) is 23.1. The number of aliphatic carboxylic acids is 1. The summed E-state index contributed by atoms with van der Waals surface area (Å²) < 4.78 is 19.1. The first-order chi connectivity index (χ1) is 9.04. The maximum absolute atomic E-state index is 13.4. The Kier molecular flexibility index (Phi) is 3.02. The number of carbonyl (C=O) groups is 1. The third-order valence-corrected chi connectivity index (χ3v) is 3.75. The van der Waals surface area contributed by atoms with Crippen molar-refractivity contribution in [3.63, 3.8) is 0 Å². The number of fused-ring (bicyclic) bond motifs is 1. The van der Waals surface area contributed by atoms with Gasteiger partial charge in [0.05, 0.1) is 15.5 Å². The van der Waals surface area contributed by atoms with Crippen molar-refractivity contribution in [1.29, 1.82) is 0 Å². The maximum atomic E-state index is 13.4. The van der Waals surface area contributed by atoms with Crippen LogP contribution in [0.4, 0.5) is 4.39 Å². The number of carboxylic acid groups (broad SMARTS) is 1. The minimum absolute atomic E-state index is 0.341. The largest absolute Gasteiger partial charge is 0.479 e. The zero-order valence-electron chi connectivity index (χ0n) is 9.69. The third-order valence-electron chi connectivity index (χ3n) is 3.14. The SMILES string of the molecule is O=C(O)C1CCC(c2nc3cc(Br)c(F)cc3[nH]2)O1. The molecule has 0 radical (unpaired) electrons. The number of ether oxygens (including phenoxy) is 1. The number of carboxylic acids is 1. The van der Waals surface area contributed by atoms with Crippen molar-refractivity contribution in [2.45, 2.75) is 25.0 Å². The summed E-state index contributed by atoms with van der Waals surface area (Å²) in [4.78, 5) is 18.1. The molecule has 3 rings (SSSR count). The van der Waals surface area contributed by atoms with Gasteiger partial charge in [-0.2, -0.15) is 0 Å². The lowest BCUT2D eigenvalue weighted by Gasteiger charge is -2.07. The van der Waals surface area contributed by atoms with Crippen LogP contribution in [-0.4, -0.2) is 27.1 Å². The number of hydrogen-bond acceptors (Lipinski definition) is 3. The van der Waals surface area contributed by atoms with Crippen LogP contribution < -0.4 is 0 Å². The summed E-state index contributed by atoms with van der Waals surface area (Å²) in [5, 5.41) is 8.88. The first-order valence-electron chi connectivity index (χ1n) is 5.77. The summed E-state index contributed by atoms with van der Waals surface area (Å²) in [6.07, 6.45) is -0.132. The predicted molar refractivity (Wildman–Crippen MR) is 68.2 cm³/mol. The van der Waals surface area contributed by atoms with Crippen LogP contribution in [0.5, 0.6) is 0 Å². The molecule has 2 heterocycles. The van der Waals surface area contributed by atoms with Crippen molar-refractivity contribution in [3.05, 3.63) is 28.2 Å². The van der Waals surface area contributed by atoms with E-state index in [2.05, 4.69) is 25.9 Å². The molecule has 1 aromatic heterocycles. The number of nitrogens with one attached hydrogen (secondary N) is 1. The van der Waals surface area contributed by atoms with Crippen LogP contribution in [0.2, 0.25) is 0 Å². The lowest BCUT2D eigenvalue weighted by molar-refractivity contribution is -0.149. The van der Waals surface area contributed by atoms with Crippen LogP contribution in [-0.2, 0) is 9.53 Å². The summed E-state index contributed by atoms with van der Waals surface area (Å²) in [7, 11) is 0. The quantitative estimate of drug-likeness (QED) is 0.888. The highest BCUT2D eigenvalue weighted by Crippen LogP contribution is 2.33. The van der Waals surface area contributed by atoms with E-state index in [-0.39, 0.29) is 11.9 Å². The Labute approximate surface area is 115 Å². The van der Waals surface area contributed by atoms with Crippen LogP contribution >= 0.6 is 15.9 Å². The Balaban J connectivity index is 1.92. The highest BCUT2D eigenvalue weighted by Gasteiger charge is 2.33. The monoisotopic (exact) mass is 328 g/mol. The van der Waals surface area contributed by atoms with Gasteiger partial charge in [0.2, 0.25) is 0 Å². The molecule has 0 bridgehead atoms. The smallest absolute Gasteiger partial charge is 0.332 e. The van der Waals surface area contributed by atoms with Crippen LogP contribution in [0.15, 0.2) is 16.6 Å². The zero-order valence-corrected chi connectivity index (χ0v) is 11.3. The van der Waals surface area contributed by atoms with Gasteiger partial charge >= 0.3 is 5.97 Å². The lowest BCUT2D eigenvalue weighted by Crippen LogP contribution is -2.18. The van der Waals surface area contributed by atoms with E-state index in [1.54, 1.807) is 6.07 Å². The van der Waals surface area contributed by atoms with Crippen molar-refractivity contribution < 1.29 is 19.0 Å². The number of H-pyrrole nitrogens is 1. The summed E-state index contributed by atoms with van der Waals surface area (Å²) in [6.45, 7) is 0. The van der Waals surface area contributed by atoms with Crippen molar-refractivity contribution in [2.75, 3.05) is 0 Å². The number of rotatable bonds is 2. The fraction of sp³-hybridized carbons (Fsp3) is 0.333. The van der Waals surface area contributed by atoms with E-state index in [9.17, 15) is 9.18 Å². The average molecular weight is 329 g/mol. The van der Waals surface area contributed by atoms with E-state index < -0.39 is 12.1 Å². The molecule has 1 saturated heterocycles. The van der Waals surface area contributed by atoms with Crippen molar-refractivity contribution in [3.8, 4) is 0 Å². The number of halogens is 2. The number of benzene rings is 1. The van der Waals surface area contributed by atoms with Gasteiger partial charge in [0, 0.05) is 6.07 Å². The van der Waals surface area contributed by atoms with Crippen molar-refractivity contribution in [2.24, 2.45) is 0 Å². The summed E-state index contributed by atoms with van der Waals surface area (Å²) in [6, 6.07) is 2.92. The molecular weight excluding hydrogens is 319 g/mol. The van der Waals surface area contributed by atoms with Gasteiger partial charge < -0.3 is 14.8 Å². The van der Waals surface area contributed by atoms with E-state index in [1.807, 2.05) is 0 Å². The molecule has 2 N–H and O–H groups in total. The van der Waals surface area contributed by atoms with Gasteiger partial charge in [-0.15, -0.1) is 0 Å². The van der Waals surface area contributed by atoms with Crippen LogP contribution in [0, 0.1) is 5.82 Å². The van der Waals surface area contributed by atoms with Gasteiger partial charge in [0.15, 0.2) is 6.10 Å². The molecular formula is C12H10BrFN2O3. The second-order valence-corrected chi connectivity index (χ2v) is 5.29. The molecule has 2 aromatic rings. The molecule has 2 atom stereocenters. The predicted octanol–water partition coefficient (Wildman–Crippen LogP) is 2.77. The highest BCUT2D eigenvalue weighted by atomic mass is 79.9. The Morgan fingerprint density at radius 2 is 2.32 bits per heavy atom. The molecule has 0 spiro atoms. The van der Waals surface area contributed by atoms with Gasteiger partial charge in [-0.05, 0) is 34.8 Å². The fourth-order valence-electron chi connectivity index (χ4n) is 2.20. The number of imidazole rings is 1. The van der Waals surface area contributed by atoms with E-state index in [4.69, 9.17) is 9.84 Å². The Hall–Kier alpha value is -1.47. The molecule has 1 fully saturated rings. The molecule has 0 saturated carbocycles. The molecule has 7 heteroatoms. The van der Waals surface area contributed by atoms with Crippen molar-refractivity contribution in [1.82, 2.24) is 9.97 Å². The number of aromatic nitrogens is 2. The molecule has 1 aliphatic rings. The topological polar surface area (TPSA) is 75.2 Å². The number of aromatic amines is 1. The summed E-state index contributed by atoms with van der Waals surface area (Å²) in [5.41, 5.74) is 1.18. The minimum atomic E-state index is -0.965. The van der Waals surface area contributed by atoms with Crippen LogP contribution in [0.25, 0.3) is 11.0 Å². The van der Waals surface area contributed by atoms with Crippen LogP contribution in [0.3, 0.4) is 0 Å². The second-order valence-electron chi connectivity index (χ2n) is 4.43. The fourth-order valence-corrected chi connectivity index (χ4v) is 2.53. The molecule has 0 amide bonds. The van der Waals surface area contributed by atoms with Gasteiger partial charge in [0.25, 0.3) is 0 Å². The molecule has 1 aromatic carbocycles. The number of nitrogens with zero attached hydrogens (tertiary/aromatic N) is 1. The third kappa shape index (κ3) is 2.23. The average Bonchev–Trinajstić information content (AvgIpc) is 2.95. The standard InChI is InChI=1S/C12H10BrFN2O3/c13-5-3-7-8(4-6(5)14)16-11(15-7)9-1-2-10(19-9)12(17)18/h3-4,9-10H,1-2H2,(H,15,16)(H,17,18). The maximum Gasteiger partial charge on any atom is 0.332 e. The van der Waals surface area contributed by atoms with Gasteiger partial charge in [-0.1, -0.05) is 0 Å². The molecule has 100 valence electrons. The molecule has 1 aliphatic heterocycles. The number of hydrogen-bond donors (Lipinski definition) is 2. The van der Waals surface area contributed by atoms with Gasteiger partial charge in [-0.3, -0.25) is 0 Å². The Bertz CT molecular complexity index is 619. The minimum Gasteiger partial charge on any atom is -0.479 e. The molecule has 19 heavy (non-hydrogen) atoms. The van der Waals surface area contributed by atoms with Crippen molar-refractivity contribution >= 4 is 32.9 Å². The summed E-state index contributed by atoms with van der Waals surface area (Å²) in [5.74, 6) is -0.804. The first kappa shape index (κ1) is 12.6. The first-order valence-corrected chi connectivity index (χ1v) is 6.57. The summed E-state index contributed by atoms with van der Waals surface area (Å²) >= 11 is 3.10. The Morgan fingerprint density at radius 1 is 1.53 bits per heavy atom. The van der Waals surface area contributed by atoms with E-state index >= 15 is 0 Å². The highest BCUT2D eigenvalue weighted by molar-refractivity contribution is 9.10. The Morgan fingerprint density at radius 3 is 3.00 bits per heavy atom. The van der Waals surface area contributed by atoms with Crippen LogP contribution in [0.1, 0.15) is 24.8 Å². The molecule has 5 nitrogen and oxygen atoms in total. The van der Waals surface area contributed by atoms with E-state index in [0.717, 1.165) is 0 Å². The molecule has 2 unspecified atom stereocenters. The zero-order chi connectivity index (χ0) is 13.6. The second kappa shape index (κ2) is 4.57. The van der Waals surface area contributed by atoms with Gasteiger partial charge in [0.1, 0.15) is 17.7 Å². The lowest BCUT2D eigenvalue weighted by atomic mass is 10.2.